The Morgan fingerprint density at radius 3 is 3.06 bits per heavy atom. The molecule has 0 aliphatic heterocycles. The molecule has 17 heavy (non-hydrogen) atoms. The summed E-state index contributed by atoms with van der Waals surface area (Å²) in [5.41, 5.74) is 3.79. The van der Waals surface area contributed by atoms with Crippen molar-refractivity contribution in [1.82, 2.24) is 4.98 Å². The number of nitrogens with one attached hydrogen (secondary N) is 1. The van der Waals surface area contributed by atoms with Gasteiger partial charge in [-0.05, 0) is 25.0 Å². The Kier molecular flexibility index (Phi) is 2.94. The number of nitrogens with zero attached hydrogens (tertiary/aromatic N) is 1. The van der Waals surface area contributed by atoms with E-state index in [1.165, 1.54) is 4.70 Å². The molecule has 1 heterocycles. The predicted molar refractivity (Wildman–Crippen MR) is 72.1 cm³/mol. The maximum Gasteiger partial charge on any atom is 0.106 e. The van der Waals surface area contributed by atoms with Crippen molar-refractivity contribution >= 4 is 38.8 Å². The van der Waals surface area contributed by atoms with Crippen molar-refractivity contribution in [2.45, 2.75) is 25.0 Å². The number of halogens is 1. The lowest BCUT2D eigenvalue weighted by Gasteiger charge is -2.35. The summed E-state index contributed by atoms with van der Waals surface area (Å²) in [5.74, 6) is 0. The van der Waals surface area contributed by atoms with Gasteiger partial charge in [0, 0.05) is 13.2 Å². The fourth-order valence-corrected chi connectivity index (χ4v) is 3.02. The highest BCUT2D eigenvalue weighted by atomic mass is 35.5. The van der Waals surface area contributed by atoms with E-state index in [1.54, 1.807) is 18.4 Å². The predicted octanol–water partition coefficient (Wildman–Crippen LogP) is 3.54. The van der Waals surface area contributed by atoms with Gasteiger partial charge < -0.3 is 10.1 Å². The smallest absolute Gasteiger partial charge is 0.106 e. The number of benzene rings is 1. The summed E-state index contributed by atoms with van der Waals surface area (Å²) in [6, 6.07) is 4.39. The van der Waals surface area contributed by atoms with Crippen LogP contribution in [0.15, 0.2) is 17.6 Å². The highest BCUT2D eigenvalue weighted by molar-refractivity contribution is 7.16. The van der Waals surface area contributed by atoms with Crippen molar-refractivity contribution in [3.63, 3.8) is 0 Å². The highest BCUT2D eigenvalue weighted by Gasteiger charge is 2.29. The lowest BCUT2D eigenvalue weighted by Crippen LogP contribution is -2.40. The molecule has 0 atom stereocenters. The van der Waals surface area contributed by atoms with Gasteiger partial charge in [0.2, 0.25) is 0 Å². The van der Waals surface area contributed by atoms with Gasteiger partial charge in [0.05, 0.1) is 27.0 Å². The molecule has 1 fully saturated rings. The Labute approximate surface area is 109 Å². The summed E-state index contributed by atoms with van der Waals surface area (Å²) >= 11 is 7.86. The molecule has 2 aromatic rings. The number of aromatic nitrogens is 1. The summed E-state index contributed by atoms with van der Waals surface area (Å²) < 4.78 is 6.44. The standard InChI is InChI=1S/C12H13ClN2OS/c1-16-8-4-7(5-8)15-11-9(13)2-3-10-12(11)14-6-17-10/h2-3,6-8,15H,4-5H2,1H3. The monoisotopic (exact) mass is 268 g/mol. The van der Waals surface area contributed by atoms with E-state index in [0.717, 1.165) is 29.1 Å². The Hall–Kier alpha value is -0.840. The van der Waals surface area contributed by atoms with E-state index in [-0.39, 0.29) is 0 Å². The van der Waals surface area contributed by atoms with E-state index in [2.05, 4.69) is 10.3 Å². The molecule has 0 radical (unpaired) electrons. The van der Waals surface area contributed by atoms with Crippen molar-refractivity contribution in [3.8, 4) is 0 Å². The first-order valence-corrected chi connectivity index (χ1v) is 6.84. The van der Waals surface area contributed by atoms with Gasteiger partial charge in [-0.25, -0.2) is 4.98 Å². The van der Waals surface area contributed by atoms with Crippen LogP contribution in [0.2, 0.25) is 5.02 Å². The summed E-state index contributed by atoms with van der Waals surface area (Å²) in [6.45, 7) is 0. The van der Waals surface area contributed by atoms with Crippen molar-refractivity contribution in [2.75, 3.05) is 12.4 Å². The van der Waals surface area contributed by atoms with E-state index in [1.807, 2.05) is 17.6 Å². The third-order valence-electron chi connectivity index (χ3n) is 3.23. The summed E-state index contributed by atoms with van der Waals surface area (Å²) in [5, 5.41) is 4.21. The summed E-state index contributed by atoms with van der Waals surface area (Å²) in [6.07, 6.45) is 2.46. The molecule has 0 bridgehead atoms. The molecular weight excluding hydrogens is 256 g/mol. The molecule has 1 aromatic carbocycles. The molecule has 3 rings (SSSR count). The summed E-state index contributed by atoms with van der Waals surface area (Å²) in [4.78, 5) is 4.37. The van der Waals surface area contributed by atoms with E-state index < -0.39 is 0 Å². The van der Waals surface area contributed by atoms with Crippen LogP contribution in [0, 0.1) is 0 Å². The maximum absolute atomic E-state index is 6.23. The average molecular weight is 269 g/mol. The van der Waals surface area contributed by atoms with E-state index >= 15 is 0 Å². The van der Waals surface area contributed by atoms with Crippen LogP contribution in [0.1, 0.15) is 12.8 Å². The molecule has 1 aromatic heterocycles. The lowest BCUT2D eigenvalue weighted by atomic mass is 9.89. The number of thiazole rings is 1. The fourth-order valence-electron chi connectivity index (χ4n) is 2.12. The van der Waals surface area contributed by atoms with Gasteiger partial charge >= 0.3 is 0 Å². The number of hydrogen-bond donors (Lipinski definition) is 1. The van der Waals surface area contributed by atoms with E-state index in [9.17, 15) is 0 Å². The molecule has 1 saturated carbocycles. The number of methoxy groups -OCH3 is 1. The van der Waals surface area contributed by atoms with Crippen molar-refractivity contribution in [3.05, 3.63) is 22.7 Å². The second kappa shape index (κ2) is 4.44. The molecule has 0 amide bonds. The minimum absolute atomic E-state index is 0.390. The minimum atomic E-state index is 0.390. The Balaban J connectivity index is 1.84. The number of ether oxygens (including phenoxy) is 1. The number of hydrogen-bond acceptors (Lipinski definition) is 4. The van der Waals surface area contributed by atoms with Gasteiger partial charge in [0.15, 0.2) is 0 Å². The van der Waals surface area contributed by atoms with Crippen LogP contribution in [0.3, 0.4) is 0 Å². The zero-order valence-electron chi connectivity index (χ0n) is 9.44. The van der Waals surface area contributed by atoms with Crippen LogP contribution in [0.4, 0.5) is 5.69 Å². The lowest BCUT2D eigenvalue weighted by molar-refractivity contribution is 0.0329. The Bertz CT molecular complexity index is 536. The third kappa shape index (κ3) is 2.01. The van der Waals surface area contributed by atoms with Crippen LogP contribution >= 0.6 is 22.9 Å². The van der Waals surface area contributed by atoms with Gasteiger partial charge in [0.25, 0.3) is 0 Å². The van der Waals surface area contributed by atoms with Crippen molar-refractivity contribution in [2.24, 2.45) is 0 Å². The van der Waals surface area contributed by atoms with Gasteiger partial charge in [-0.3, -0.25) is 0 Å². The second-order valence-electron chi connectivity index (χ2n) is 4.29. The van der Waals surface area contributed by atoms with Crippen LogP contribution in [0.25, 0.3) is 10.2 Å². The fraction of sp³-hybridized carbons (Fsp3) is 0.417. The highest BCUT2D eigenvalue weighted by Crippen LogP contribution is 2.35. The van der Waals surface area contributed by atoms with Gasteiger partial charge in [0.1, 0.15) is 5.52 Å². The van der Waals surface area contributed by atoms with Crippen LogP contribution in [0.5, 0.6) is 0 Å². The summed E-state index contributed by atoms with van der Waals surface area (Å²) in [7, 11) is 1.76. The quantitative estimate of drug-likeness (QED) is 0.925. The SMILES string of the molecule is COC1CC(Nc2c(Cl)ccc3scnc23)C1. The maximum atomic E-state index is 6.23. The molecule has 1 N–H and O–H groups in total. The molecule has 0 spiro atoms. The topological polar surface area (TPSA) is 34.1 Å². The van der Waals surface area contributed by atoms with Crippen LogP contribution < -0.4 is 5.32 Å². The Morgan fingerprint density at radius 1 is 1.47 bits per heavy atom. The third-order valence-corrected chi connectivity index (χ3v) is 4.34. The molecule has 5 heteroatoms. The minimum Gasteiger partial charge on any atom is -0.381 e. The zero-order chi connectivity index (χ0) is 11.8. The van der Waals surface area contributed by atoms with Gasteiger partial charge in [-0.1, -0.05) is 11.6 Å². The van der Waals surface area contributed by atoms with Crippen molar-refractivity contribution in [1.29, 1.82) is 0 Å². The van der Waals surface area contributed by atoms with Gasteiger partial charge in [-0.15, -0.1) is 11.3 Å². The number of anilines is 1. The molecule has 90 valence electrons. The van der Waals surface area contributed by atoms with E-state index in [0.29, 0.717) is 12.1 Å². The molecule has 3 nitrogen and oxygen atoms in total. The largest absolute Gasteiger partial charge is 0.381 e. The van der Waals surface area contributed by atoms with E-state index in [4.69, 9.17) is 16.3 Å². The van der Waals surface area contributed by atoms with Gasteiger partial charge in [-0.2, -0.15) is 0 Å². The molecule has 0 saturated heterocycles. The zero-order valence-corrected chi connectivity index (χ0v) is 11.0. The first-order chi connectivity index (χ1) is 8.28. The first-order valence-electron chi connectivity index (χ1n) is 5.59. The van der Waals surface area contributed by atoms with Crippen molar-refractivity contribution < 1.29 is 4.74 Å². The average Bonchev–Trinajstić information content (AvgIpc) is 2.73. The normalized spacial score (nSPS) is 23.6. The Morgan fingerprint density at radius 2 is 2.29 bits per heavy atom. The number of fused-ring (bicyclic) bond motifs is 1. The number of rotatable bonds is 3. The first kappa shape index (κ1) is 11.3. The molecule has 1 aliphatic carbocycles. The molecular formula is C12H13ClN2OS. The molecule has 1 aliphatic rings. The second-order valence-corrected chi connectivity index (χ2v) is 5.59. The van der Waals surface area contributed by atoms with Crippen LogP contribution in [-0.4, -0.2) is 24.2 Å². The molecule has 0 unspecified atom stereocenters. The van der Waals surface area contributed by atoms with Crippen LogP contribution in [-0.2, 0) is 4.74 Å².